The summed E-state index contributed by atoms with van der Waals surface area (Å²) in [6.07, 6.45) is 0.912. The second-order valence-corrected chi connectivity index (χ2v) is 12.3. The maximum atomic E-state index is 12.1. The first-order valence-corrected chi connectivity index (χ1v) is 14.8. The third-order valence-corrected chi connectivity index (χ3v) is 7.65. The van der Waals surface area contributed by atoms with Crippen molar-refractivity contribution in [1.82, 2.24) is 25.2 Å². The highest BCUT2D eigenvalue weighted by Gasteiger charge is 2.32. The Bertz CT molecular complexity index is 1720. The van der Waals surface area contributed by atoms with E-state index in [-0.39, 0.29) is 24.8 Å². The molecule has 4 aromatic rings. The molecular formula is C22H20N6O6S3. The Kier molecular flexibility index (Phi) is 7.66. The Labute approximate surface area is 216 Å². The zero-order valence-corrected chi connectivity index (χ0v) is 21.7. The predicted octanol–water partition coefficient (Wildman–Crippen LogP) is 0.888. The first-order chi connectivity index (χ1) is 17.5. The summed E-state index contributed by atoms with van der Waals surface area (Å²) in [7, 11) is -8.33. The molecule has 0 aliphatic heterocycles. The van der Waals surface area contributed by atoms with E-state index in [9.17, 15) is 21.6 Å². The van der Waals surface area contributed by atoms with Gasteiger partial charge in [0.15, 0.2) is 9.84 Å². The van der Waals surface area contributed by atoms with E-state index in [2.05, 4.69) is 32.3 Å². The normalized spacial score (nSPS) is 12.6. The van der Waals surface area contributed by atoms with Crippen molar-refractivity contribution in [3.05, 3.63) is 76.4 Å². The van der Waals surface area contributed by atoms with Gasteiger partial charge in [0.05, 0.1) is 23.2 Å². The molecule has 0 bridgehead atoms. The molecule has 1 atom stereocenters. The molecule has 12 nitrogen and oxygen atoms in total. The SMILES string of the molecule is CS(=O)(=O)C(NS(N)(=O)=O)c1nnc(Cc2nc3ccc(C#CCNC(=O)c4ccccc4)cc3s2)o1. The summed E-state index contributed by atoms with van der Waals surface area (Å²) in [6.45, 7) is 0.188. The van der Waals surface area contributed by atoms with E-state index >= 15 is 0 Å². The highest BCUT2D eigenvalue weighted by Crippen LogP contribution is 2.26. The molecule has 1 amide bonds. The van der Waals surface area contributed by atoms with Crippen LogP contribution < -0.4 is 15.2 Å². The Morgan fingerprint density at radius 3 is 2.59 bits per heavy atom. The molecule has 1 unspecified atom stereocenters. The monoisotopic (exact) mass is 560 g/mol. The lowest BCUT2D eigenvalue weighted by molar-refractivity contribution is 0.0958. The van der Waals surface area contributed by atoms with E-state index in [0.29, 0.717) is 16.1 Å². The molecule has 4 rings (SSSR count). The fraction of sp³-hybridized carbons (Fsp3) is 0.182. The standard InChI is InChI=1S/C22H20N6O6S3/c1-36(30,31)22(28-37(23,32)33)21-27-26-18(34-21)13-19-25-16-10-9-14(12-17(16)35-19)6-5-11-24-20(29)15-7-3-2-4-8-15/h2-4,7-10,12,22,28H,11,13H2,1H3,(H,24,29)(H2,23,32,33). The molecule has 37 heavy (non-hydrogen) atoms. The van der Waals surface area contributed by atoms with Crippen LogP contribution in [-0.2, 0) is 26.5 Å². The number of amides is 1. The average molecular weight is 561 g/mol. The van der Waals surface area contributed by atoms with Crippen molar-refractivity contribution in [2.24, 2.45) is 5.14 Å². The Morgan fingerprint density at radius 1 is 1.14 bits per heavy atom. The van der Waals surface area contributed by atoms with Crippen molar-refractivity contribution in [3.8, 4) is 11.8 Å². The largest absolute Gasteiger partial charge is 0.422 e. The fourth-order valence-corrected chi connectivity index (χ4v) is 6.09. The number of carbonyl (C=O) groups excluding carboxylic acids is 1. The van der Waals surface area contributed by atoms with Crippen LogP contribution in [0.1, 0.15) is 38.1 Å². The molecule has 2 heterocycles. The third kappa shape index (κ3) is 7.18. The molecule has 4 N–H and O–H groups in total. The number of hydrogen-bond acceptors (Lipinski definition) is 10. The number of aromatic nitrogens is 3. The van der Waals surface area contributed by atoms with Crippen molar-refractivity contribution in [1.29, 1.82) is 0 Å². The Balaban J connectivity index is 1.43. The van der Waals surface area contributed by atoms with Gasteiger partial charge < -0.3 is 9.73 Å². The highest BCUT2D eigenvalue weighted by atomic mass is 32.2. The third-order valence-electron chi connectivity index (χ3n) is 4.75. The van der Waals surface area contributed by atoms with Crippen molar-refractivity contribution in [3.63, 3.8) is 0 Å². The molecule has 0 radical (unpaired) electrons. The van der Waals surface area contributed by atoms with Gasteiger partial charge in [-0.3, -0.25) is 4.79 Å². The maximum Gasteiger partial charge on any atom is 0.275 e. The second kappa shape index (κ2) is 10.7. The summed E-state index contributed by atoms with van der Waals surface area (Å²) in [5, 5.41) is 13.9. The molecule has 2 aromatic heterocycles. The number of nitrogens with one attached hydrogen (secondary N) is 2. The van der Waals surface area contributed by atoms with Crippen molar-refractivity contribution < 1.29 is 26.0 Å². The minimum Gasteiger partial charge on any atom is -0.422 e. The minimum atomic E-state index is -4.35. The number of thiazole rings is 1. The topological polar surface area (TPSA) is 187 Å². The van der Waals surface area contributed by atoms with E-state index in [0.717, 1.165) is 16.5 Å². The highest BCUT2D eigenvalue weighted by molar-refractivity contribution is 7.92. The lowest BCUT2D eigenvalue weighted by Gasteiger charge is -2.10. The first kappa shape index (κ1) is 26.4. The summed E-state index contributed by atoms with van der Waals surface area (Å²) in [4.78, 5) is 16.6. The first-order valence-electron chi connectivity index (χ1n) is 10.5. The van der Waals surface area contributed by atoms with Gasteiger partial charge in [0, 0.05) is 17.4 Å². The zero-order chi connectivity index (χ0) is 26.6. The van der Waals surface area contributed by atoms with Gasteiger partial charge in [0.1, 0.15) is 5.01 Å². The van der Waals surface area contributed by atoms with E-state index in [1.807, 2.05) is 12.1 Å². The van der Waals surface area contributed by atoms with E-state index < -0.39 is 31.3 Å². The minimum absolute atomic E-state index is 0.0492. The number of fused-ring (bicyclic) bond motifs is 1. The molecule has 2 aromatic carbocycles. The van der Waals surface area contributed by atoms with Gasteiger partial charge in [0.2, 0.25) is 17.2 Å². The van der Waals surface area contributed by atoms with Crippen LogP contribution in [0.2, 0.25) is 0 Å². The van der Waals surface area contributed by atoms with Gasteiger partial charge in [-0.15, -0.1) is 21.5 Å². The molecule has 0 saturated carbocycles. The lowest BCUT2D eigenvalue weighted by atomic mass is 10.2. The summed E-state index contributed by atoms with van der Waals surface area (Å²) < 4.78 is 54.6. The van der Waals surface area contributed by atoms with E-state index in [4.69, 9.17) is 9.56 Å². The lowest BCUT2D eigenvalue weighted by Crippen LogP contribution is -2.38. The number of hydrogen-bond donors (Lipinski definition) is 3. The maximum absolute atomic E-state index is 12.1. The van der Waals surface area contributed by atoms with E-state index in [1.54, 1.807) is 41.1 Å². The number of carbonyl (C=O) groups is 1. The predicted molar refractivity (Wildman–Crippen MR) is 136 cm³/mol. The fourth-order valence-electron chi connectivity index (χ4n) is 3.13. The van der Waals surface area contributed by atoms with Gasteiger partial charge in [-0.05, 0) is 30.3 Å². The summed E-state index contributed by atoms with van der Waals surface area (Å²) in [6, 6.07) is 14.3. The number of nitrogens with two attached hydrogens (primary N) is 1. The molecule has 0 spiro atoms. The van der Waals surface area contributed by atoms with Crippen LogP contribution in [0.25, 0.3) is 10.2 Å². The van der Waals surface area contributed by atoms with E-state index in [1.165, 1.54) is 11.3 Å². The van der Waals surface area contributed by atoms with Crippen LogP contribution >= 0.6 is 11.3 Å². The number of nitrogens with zero attached hydrogens (tertiary/aromatic N) is 3. The molecule has 0 aliphatic rings. The van der Waals surface area contributed by atoms with Gasteiger partial charge >= 0.3 is 0 Å². The molecular weight excluding hydrogens is 540 g/mol. The second-order valence-electron chi connectivity index (χ2n) is 7.72. The molecule has 15 heteroatoms. The molecule has 0 fully saturated rings. The average Bonchev–Trinajstić information content (AvgIpc) is 3.45. The van der Waals surface area contributed by atoms with Gasteiger partial charge in [-0.2, -0.15) is 13.1 Å². The van der Waals surface area contributed by atoms with Crippen molar-refractivity contribution >= 4 is 47.5 Å². The van der Waals surface area contributed by atoms with Gasteiger partial charge in [-0.25, -0.2) is 18.5 Å². The van der Waals surface area contributed by atoms with Crippen LogP contribution in [0, 0.1) is 11.8 Å². The van der Waals surface area contributed by atoms with Crippen LogP contribution in [0.15, 0.2) is 52.9 Å². The number of rotatable bonds is 8. The van der Waals surface area contributed by atoms with Crippen LogP contribution in [0.3, 0.4) is 0 Å². The summed E-state index contributed by atoms with van der Waals surface area (Å²) >= 11 is 1.35. The Hall–Kier alpha value is -3.68. The smallest absolute Gasteiger partial charge is 0.275 e. The molecule has 192 valence electrons. The zero-order valence-electron chi connectivity index (χ0n) is 19.2. The molecule has 0 saturated heterocycles. The number of benzene rings is 2. The summed E-state index contributed by atoms with van der Waals surface area (Å²) in [5.41, 5.74) is 2.01. The van der Waals surface area contributed by atoms with Crippen molar-refractivity contribution in [2.45, 2.75) is 11.8 Å². The van der Waals surface area contributed by atoms with Crippen molar-refractivity contribution in [2.75, 3.05) is 12.8 Å². The number of sulfone groups is 1. The van der Waals surface area contributed by atoms with Crippen LogP contribution in [-0.4, -0.2) is 50.7 Å². The quantitative estimate of drug-likeness (QED) is 0.263. The molecule has 0 aliphatic carbocycles. The van der Waals surface area contributed by atoms with Crippen LogP contribution in [0.5, 0.6) is 0 Å². The van der Waals surface area contributed by atoms with Gasteiger partial charge in [-0.1, -0.05) is 30.0 Å². The Morgan fingerprint density at radius 2 is 1.89 bits per heavy atom. The van der Waals surface area contributed by atoms with Gasteiger partial charge in [0.25, 0.3) is 16.1 Å². The summed E-state index contributed by atoms with van der Waals surface area (Å²) in [5.74, 6) is 5.31. The van der Waals surface area contributed by atoms with Crippen LogP contribution in [0.4, 0.5) is 0 Å².